The van der Waals surface area contributed by atoms with Crippen LogP contribution < -0.4 is 10.6 Å². The number of halogens is 5. The Morgan fingerprint density at radius 1 is 1.11 bits per heavy atom. The SMILES string of the molecule is CCNC(=NCc1cccc(C(F)(F)F)c1)NCC(O)c1ccc(F)cc1.I. The van der Waals surface area contributed by atoms with Crippen molar-refractivity contribution in [2.45, 2.75) is 25.7 Å². The maximum atomic E-state index is 12.9. The molecule has 0 aliphatic carbocycles. The molecular formula is C19H22F4IN3O. The Labute approximate surface area is 178 Å². The van der Waals surface area contributed by atoms with Crippen LogP contribution >= 0.6 is 24.0 Å². The Balaban J connectivity index is 0.00000392. The molecular weight excluding hydrogens is 489 g/mol. The maximum absolute atomic E-state index is 12.9. The number of rotatable bonds is 6. The first-order valence-corrected chi connectivity index (χ1v) is 8.41. The van der Waals surface area contributed by atoms with Gasteiger partial charge in [-0.05, 0) is 42.3 Å². The molecule has 2 rings (SSSR count). The second-order valence-electron chi connectivity index (χ2n) is 5.84. The highest BCUT2D eigenvalue weighted by Gasteiger charge is 2.30. The fourth-order valence-electron chi connectivity index (χ4n) is 2.35. The fourth-order valence-corrected chi connectivity index (χ4v) is 2.35. The first-order valence-electron chi connectivity index (χ1n) is 8.41. The second-order valence-corrected chi connectivity index (χ2v) is 5.84. The van der Waals surface area contributed by atoms with E-state index < -0.39 is 23.7 Å². The van der Waals surface area contributed by atoms with E-state index in [-0.39, 0.29) is 37.1 Å². The van der Waals surface area contributed by atoms with Crippen molar-refractivity contribution in [3.05, 3.63) is 71.0 Å². The van der Waals surface area contributed by atoms with Gasteiger partial charge in [0, 0.05) is 13.1 Å². The van der Waals surface area contributed by atoms with Gasteiger partial charge < -0.3 is 15.7 Å². The summed E-state index contributed by atoms with van der Waals surface area (Å²) in [5.41, 5.74) is 0.235. The van der Waals surface area contributed by atoms with E-state index in [0.717, 1.165) is 12.1 Å². The topological polar surface area (TPSA) is 56.7 Å². The third kappa shape index (κ3) is 7.63. The zero-order valence-electron chi connectivity index (χ0n) is 15.1. The molecule has 28 heavy (non-hydrogen) atoms. The summed E-state index contributed by atoms with van der Waals surface area (Å²) < 4.78 is 51.2. The van der Waals surface area contributed by atoms with Crippen LogP contribution in [0.5, 0.6) is 0 Å². The minimum absolute atomic E-state index is 0. The first kappa shape index (κ1) is 24.2. The van der Waals surface area contributed by atoms with Gasteiger partial charge in [0.2, 0.25) is 0 Å². The minimum Gasteiger partial charge on any atom is -0.387 e. The first-order chi connectivity index (χ1) is 12.8. The van der Waals surface area contributed by atoms with Crippen LogP contribution in [0.3, 0.4) is 0 Å². The minimum atomic E-state index is -4.40. The number of alkyl halides is 3. The monoisotopic (exact) mass is 511 g/mol. The Morgan fingerprint density at radius 3 is 2.39 bits per heavy atom. The molecule has 0 aromatic heterocycles. The summed E-state index contributed by atoms with van der Waals surface area (Å²) in [5.74, 6) is -0.0361. The lowest BCUT2D eigenvalue weighted by Crippen LogP contribution is -2.39. The van der Waals surface area contributed by atoms with Crippen LogP contribution in [0.15, 0.2) is 53.5 Å². The van der Waals surface area contributed by atoms with Crippen molar-refractivity contribution in [3.8, 4) is 0 Å². The van der Waals surface area contributed by atoms with Crippen molar-refractivity contribution in [2.24, 2.45) is 4.99 Å². The fraction of sp³-hybridized carbons (Fsp3) is 0.316. The van der Waals surface area contributed by atoms with Gasteiger partial charge in [0.25, 0.3) is 0 Å². The number of hydrogen-bond acceptors (Lipinski definition) is 2. The highest BCUT2D eigenvalue weighted by atomic mass is 127. The van der Waals surface area contributed by atoms with Crippen LogP contribution in [0.1, 0.15) is 29.7 Å². The van der Waals surface area contributed by atoms with Crippen LogP contribution in [-0.4, -0.2) is 24.2 Å². The average molecular weight is 511 g/mol. The van der Waals surface area contributed by atoms with Crippen molar-refractivity contribution in [2.75, 3.05) is 13.1 Å². The zero-order chi connectivity index (χ0) is 19.9. The molecule has 154 valence electrons. The molecule has 0 aliphatic heterocycles. The van der Waals surface area contributed by atoms with E-state index in [1.54, 1.807) is 6.07 Å². The van der Waals surface area contributed by atoms with E-state index in [0.29, 0.717) is 23.6 Å². The van der Waals surface area contributed by atoms with Gasteiger partial charge in [0.1, 0.15) is 5.82 Å². The summed E-state index contributed by atoms with van der Waals surface area (Å²) >= 11 is 0. The number of benzene rings is 2. The molecule has 4 nitrogen and oxygen atoms in total. The molecule has 0 heterocycles. The van der Waals surface area contributed by atoms with Crippen molar-refractivity contribution < 1.29 is 22.7 Å². The number of guanidine groups is 1. The predicted octanol–water partition coefficient (Wildman–Crippen LogP) is 4.25. The second kappa shape index (κ2) is 11.2. The molecule has 2 aromatic rings. The number of aliphatic hydroxyl groups is 1. The summed E-state index contributed by atoms with van der Waals surface area (Å²) in [4.78, 5) is 4.24. The van der Waals surface area contributed by atoms with Gasteiger partial charge in [0.05, 0.1) is 18.2 Å². The van der Waals surface area contributed by atoms with Gasteiger partial charge in [-0.2, -0.15) is 13.2 Å². The molecule has 3 N–H and O–H groups in total. The van der Waals surface area contributed by atoms with E-state index in [4.69, 9.17) is 0 Å². The molecule has 9 heteroatoms. The van der Waals surface area contributed by atoms with Crippen LogP contribution in [0.4, 0.5) is 17.6 Å². The predicted molar refractivity (Wildman–Crippen MR) is 111 cm³/mol. The van der Waals surface area contributed by atoms with E-state index >= 15 is 0 Å². The van der Waals surface area contributed by atoms with E-state index in [1.165, 1.54) is 30.3 Å². The molecule has 0 fully saturated rings. The van der Waals surface area contributed by atoms with Crippen molar-refractivity contribution in [1.82, 2.24) is 10.6 Å². The molecule has 0 saturated heterocycles. The highest BCUT2D eigenvalue weighted by molar-refractivity contribution is 14.0. The van der Waals surface area contributed by atoms with Gasteiger partial charge in [-0.1, -0.05) is 24.3 Å². The van der Waals surface area contributed by atoms with Gasteiger partial charge in [-0.3, -0.25) is 0 Å². The number of hydrogen-bond donors (Lipinski definition) is 3. The number of aliphatic hydroxyl groups excluding tert-OH is 1. The lowest BCUT2D eigenvalue weighted by molar-refractivity contribution is -0.137. The number of nitrogens with zero attached hydrogens (tertiary/aromatic N) is 1. The summed E-state index contributed by atoms with van der Waals surface area (Å²) in [7, 11) is 0. The molecule has 0 saturated carbocycles. The molecule has 0 amide bonds. The van der Waals surface area contributed by atoms with Crippen molar-refractivity contribution in [3.63, 3.8) is 0 Å². The Kier molecular flexibility index (Phi) is 9.66. The quantitative estimate of drug-likeness (QED) is 0.235. The molecule has 1 unspecified atom stereocenters. The lowest BCUT2D eigenvalue weighted by atomic mass is 10.1. The third-order valence-electron chi connectivity index (χ3n) is 3.74. The molecule has 0 bridgehead atoms. The van der Waals surface area contributed by atoms with Gasteiger partial charge in [-0.25, -0.2) is 9.38 Å². The standard InChI is InChI=1S/C19H21F4N3O.HI/c1-2-24-18(26-12-17(27)14-6-8-16(20)9-7-14)25-11-13-4-3-5-15(10-13)19(21,22)23;/h3-10,17,27H,2,11-12H2,1H3,(H2,24,25,26);1H. The van der Waals surface area contributed by atoms with Gasteiger partial charge in [0.15, 0.2) is 5.96 Å². The molecule has 0 aliphatic rings. The summed E-state index contributed by atoms with van der Waals surface area (Å²) in [6.07, 6.45) is -5.29. The maximum Gasteiger partial charge on any atom is 0.416 e. The van der Waals surface area contributed by atoms with Crippen LogP contribution in [0.25, 0.3) is 0 Å². The van der Waals surface area contributed by atoms with E-state index in [9.17, 15) is 22.7 Å². The summed E-state index contributed by atoms with van der Waals surface area (Å²) in [5, 5.41) is 16.0. The van der Waals surface area contributed by atoms with Gasteiger partial charge >= 0.3 is 6.18 Å². The number of aliphatic imine (C=N–C) groups is 1. The molecule has 1 atom stereocenters. The summed E-state index contributed by atoms with van der Waals surface area (Å²) in [6.45, 7) is 2.55. The summed E-state index contributed by atoms with van der Waals surface area (Å²) in [6, 6.07) is 10.4. The zero-order valence-corrected chi connectivity index (χ0v) is 17.5. The lowest BCUT2D eigenvalue weighted by Gasteiger charge is -2.15. The van der Waals surface area contributed by atoms with Crippen LogP contribution in [-0.2, 0) is 12.7 Å². The van der Waals surface area contributed by atoms with Crippen molar-refractivity contribution >= 4 is 29.9 Å². The Hall–Kier alpha value is -1.88. The van der Waals surface area contributed by atoms with Crippen LogP contribution in [0.2, 0.25) is 0 Å². The van der Waals surface area contributed by atoms with E-state index in [1.807, 2.05) is 6.92 Å². The highest BCUT2D eigenvalue weighted by Crippen LogP contribution is 2.29. The molecule has 2 aromatic carbocycles. The Bertz CT molecular complexity index is 767. The third-order valence-corrected chi connectivity index (χ3v) is 3.74. The molecule has 0 radical (unpaired) electrons. The smallest absolute Gasteiger partial charge is 0.387 e. The van der Waals surface area contributed by atoms with Crippen LogP contribution in [0, 0.1) is 5.82 Å². The normalized spacial score (nSPS) is 12.9. The largest absolute Gasteiger partial charge is 0.416 e. The van der Waals surface area contributed by atoms with Gasteiger partial charge in [-0.15, -0.1) is 24.0 Å². The average Bonchev–Trinajstić information content (AvgIpc) is 2.64. The Morgan fingerprint density at radius 2 is 1.79 bits per heavy atom. The molecule has 0 spiro atoms. The van der Waals surface area contributed by atoms with E-state index in [2.05, 4.69) is 15.6 Å². The van der Waals surface area contributed by atoms with Crippen molar-refractivity contribution in [1.29, 1.82) is 0 Å². The number of nitrogens with one attached hydrogen (secondary N) is 2.